The number of carboxylic acids is 1. The third kappa shape index (κ3) is 39.7. The van der Waals surface area contributed by atoms with E-state index >= 15 is 0 Å². The van der Waals surface area contributed by atoms with Gasteiger partial charge in [-0.3, -0.25) is 14.4 Å². The molecule has 1 rings (SSSR count). The van der Waals surface area contributed by atoms with Gasteiger partial charge < -0.3 is 39.0 Å². The highest BCUT2D eigenvalue weighted by Gasteiger charge is 2.50. The number of allylic oxidation sites excluding steroid dienone is 24. The highest BCUT2D eigenvalue weighted by Crippen LogP contribution is 2.26. The summed E-state index contributed by atoms with van der Waals surface area (Å²) in [6.07, 6.45) is 58.4. The summed E-state index contributed by atoms with van der Waals surface area (Å²) in [7, 11) is 0. The fraction of sp³-hybridized carbons (Fsp3) is 0.556. The summed E-state index contributed by atoms with van der Waals surface area (Å²) in [5.74, 6) is -3.33. The van der Waals surface area contributed by atoms with Crippen LogP contribution in [-0.2, 0) is 42.9 Å². The number of rotatable bonds is 44. The van der Waals surface area contributed by atoms with Crippen molar-refractivity contribution in [2.24, 2.45) is 0 Å². The summed E-state index contributed by atoms with van der Waals surface area (Å²) in [4.78, 5) is 51.0. The van der Waals surface area contributed by atoms with Crippen molar-refractivity contribution < 1.29 is 58.2 Å². The number of carbonyl (C=O) groups excluding carboxylic acids is 3. The second-order valence-electron chi connectivity index (χ2n) is 18.1. The number of aliphatic carboxylic acids is 1. The molecule has 1 aliphatic rings. The maximum absolute atomic E-state index is 13.1. The topological polar surface area (TPSA) is 175 Å². The second kappa shape index (κ2) is 49.5. The number of hydrogen-bond acceptors (Lipinski definition) is 11. The van der Waals surface area contributed by atoms with Crippen molar-refractivity contribution in [1.29, 1.82) is 0 Å². The van der Waals surface area contributed by atoms with Crippen LogP contribution in [0.1, 0.15) is 175 Å². The molecule has 0 bridgehead atoms. The molecule has 12 nitrogen and oxygen atoms in total. The third-order valence-electron chi connectivity index (χ3n) is 11.4. The summed E-state index contributed by atoms with van der Waals surface area (Å²) in [5, 5.41) is 31.4. The molecule has 1 fully saturated rings. The van der Waals surface area contributed by atoms with E-state index in [0.717, 1.165) is 109 Å². The van der Waals surface area contributed by atoms with Crippen LogP contribution in [0.2, 0.25) is 0 Å². The van der Waals surface area contributed by atoms with Crippen molar-refractivity contribution in [3.63, 3.8) is 0 Å². The fourth-order valence-corrected chi connectivity index (χ4v) is 7.23. The smallest absolute Gasteiger partial charge is 0.335 e. The number of aliphatic hydroxyl groups is 2. The molecule has 12 heteroatoms. The van der Waals surface area contributed by atoms with Crippen molar-refractivity contribution in [2.75, 3.05) is 13.2 Å². The highest BCUT2D eigenvalue weighted by molar-refractivity contribution is 5.74. The second-order valence-corrected chi connectivity index (χ2v) is 18.1. The molecule has 0 saturated carbocycles. The molecule has 1 aliphatic heterocycles. The maximum atomic E-state index is 13.1. The van der Waals surface area contributed by atoms with Crippen molar-refractivity contribution >= 4 is 23.9 Å². The lowest BCUT2D eigenvalue weighted by molar-refractivity contribution is -0.301. The number of carboxylic acid groups (broad SMARTS) is 1. The minimum Gasteiger partial charge on any atom is -0.479 e. The van der Waals surface area contributed by atoms with Crippen molar-refractivity contribution in [3.05, 3.63) is 146 Å². The zero-order valence-electron chi connectivity index (χ0n) is 45.7. The van der Waals surface area contributed by atoms with Gasteiger partial charge in [0, 0.05) is 19.3 Å². The van der Waals surface area contributed by atoms with Gasteiger partial charge in [0.05, 0.1) is 6.61 Å². The Morgan fingerprint density at radius 2 is 0.813 bits per heavy atom. The Morgan fingerprint density at radius 3 is 1.25 bits per heavy atom. The van der Waals surface area contributed by atoms with E-state index in [4.69, 9.17) is 23.7 Å². The van der Waals surface area contributed by atoms with Crippen molar-refractivity contribution in [2.45, 2.75) is 212 Å². The number of carbonyl (C=O) groups is 4. The SMILES string of the molecule is CC/C=C\C/C=C\C/C=C\C/C=C\C/C=C\CCCC(=O)OC1C(OCC(COC(=O)CCCC/C=C\C/C=C\C/C=C\C/C=C\CC)OC(=O)CCCCC/C=C\C/C=C\C/C=C\CC)OC(C(=O)O)C(O)C1O. The molecular formula is C63H94O12. The van der Waals surface area contributed by atoms with Crippen LogP contribution >= 0.6 is 0 Å². The Hall–Kier alpha value is -5.40. The average molecular weight is 1040 g/mol. The summed E-state index contributed by atoms with van der Waals surface area (Å²) < 4.78 is 28.2. The van der Waals surface area contributed by atoms with Gasteiger partial charge in [-0.2, -0.15) is 0 Å². The number of ether oxygens (including phenoxy) is 5. The fourth-order valence-electron chi connectivity index (χ4n) is 7.23. The van der Waals surface area contributed by atoms with Gasteiger partial charge >= 0.3 is 23.9 Å². The van der Waals surface area contributed by atoms with Crippen LogP contribution in [0.3, 0.4) is 0 Å². The molecule has 0 aliphatic carbocycles. The molecular weight excluding hydrogens is 949 g/mol. The van der Waals surface area contributed by atoms with Crippen LogP contribution in [0, 0.1) is 0 Å². The van der Waals surface area contributed by atoms with E-state index in [-0.39, 0.29) is 25.9 Å². The van der Waals surface area contributed by atoms with E-state index in [9.17, 15) is 34.5 Å². The summed E-state index contributed by atoms with van der Waals surface area (Å²) in [6.45, 7) is 5.52. The quantitative estimate of drug-likeness (QED) is 0.0228. The summed E-state index contributed by atoms with van der Waals surface area (Å²) >= 11 is 0. The molecule has 75 heavy (non-hydrogen) atoms. The Labute approximate surface area is 451 Å². The molecule has 6 unspecified atom stereocenters. The predicted octanol–water partition coefficient (Wildman–Crippen LogP) is 14.0. The molecule has 1 heterocycles. The first kappa shape index (κ1) is 67.6. The molecule has 1 saturated heterocycles. The summed E-state index contributed by atoms with van der Waals surface area (Å²) in [5.41, 5.74) is 0. The first-order chi connectivity index (χ1) is 36.6. The molecule has 3 N–H and O–H groups in total. The first-order valence-electron chi connectivity index (χ1n) is 27.8. The molecule has 0 amide bonds. The lowest BCUT2D eigenvalue weighted by atomic mass is 9.98. The molecule has 418 valence electrons. The van der Waals surface area contributed by atoms with E-state index < -0.39 is 67.3 Å². The zero-order chi connectivity index (χ0) is 54.7. The zero-order valence-corrected chi connectivity index (χ0v) is 45.7. The predicted molar refractivity (Wildman–Crippen MR) is 302 cm³/mol. The van der Waals surface area contributed by atoms with E-state index in [1.165, 1.54) is 0 Å². The van der Waals surface area contributed by atoms with Crippen LogP contribution in [0.5, 0.6) is 0 Å². The monoisotopic (exact) mass is 1040 g/mol. The Kier molecular flexibility index (Phi) is 44.6. The molecule has 6 atom stereocenters. The van der Waals surface area contributed by atoms with Crippen molar-refractivity contribution in [1.82, 2.24) is 0 Å². The number of esters is 3. The normalized spacial score (nSPS) is 19.3. The lowest BCUT2D eigenvalue weighted by Crippen LogP contribution is -2.61. The largest absolute Gasteiger partial charge is 0.479 e. The van der Waals surface area contributed by atoms with Gasteiger partial charge in [-0.05, 0) is 128 Å². The van der Waals surface area contributed by atoms with Gasteiger partial charge in [-0.25, -0.2) is 4.79 Å². The minimum atomic E-state index is -1.94. The van der Waals surface area contributed by atoms with Crippen LogP contribution in [-0.4, -0.2) is 89.2 Å². The first-order valence-corrected chi connectivity index (χ1v) is 27.8. The average Bonchev–Trinajstić information content (AvgIpc) is 3.39. The van der Waals surface area contributed by atoms with Crippen LogP contribution in [0.15, 0.2) is 146 Å². The molecule has 0 aromatic carbocycles. The molecule has 0 radical (unpaired) electrons. The Balaban J connectivity index is 2.80. The molecule has 0 spiro atoms. The van der Waals surface area contributed by atoms with E-state index in [1.54, 1.807) is 0 Å². The van der Waals surface area contributed by atoms with Crippen LogP contribution < -0.4 is 0 Å². The lowest BCUT2D eigenvalue weighted by Gasteiger charge is -2.40. The molecule has 0 aromatic heterocycles. The van der Waals surface area contributed by atoms with Gasteiger partial charge in [0.1, 0.15) is 18.8 Å². The Morgan fingerprint density at radius 1 is 0.440 bits per heavy atom. The van der Waals surface area contributed by atoms with Gasteiger partial charge in [0.25, 0.3) is 0 Å². The highest BCUT2D eigenvalue weighted by atomic mass is 16.7. The Bertz CT molecular complexity index is 1860. The van der Waals surface area contributed by atoms with Crippen LogP contribution in [0.25, 0.3) is 0 Å². The van der Waals surface area contributed by atoms with Gasteiger partial charge in [0.2, 0.25) is 0 Å². The molecule has 0 aromatic rings. The van der Waals surface area contributed by atoms with E-state index in [2.05, 4.69) is 154 Å². The standard InChI is InChI=1S/C63H94O12/c1-4-7-10-13-16-19-22-25-27-28-30-33-36-39-42-45-48-51-57(66)74-61-59(68)58(67)60(62(69)70)75-63(61)72-53-54(73-56(65)50-47-44-41-38-35-31-24-21-18-15-12-9-6-3)52-71-55(64)49-46-43-40-37-34-32-29-26-23-20-17-14-11-8-5-2/h7-12,16-21,25-27,29-31,33-35,37,39,42,54,58-61,63,67-68H,4-6,13-15,22-24,28,32,36,38,40-41,43-53H2,1-3H3,(H,69,70)/b10-7-,11-8-,12-9-,19-16-,20-17-,21-18-,27-25-,29-26-,33-30-,35-31-,37-34-,42-39-. The van der Waals surface area contributed by atoms with Crippen molar-refractivity contribution in [3.8, 4) is 0 Å². The number of unbranched alkanes of at least 4 members (excludes halogenated alkanes) is 6. The van der Waals surface area contributed by atoms with Crippen LogP contribution in [0.4, 0.5) is 0 Å². The minimum absolute atomic E-state index is 0.0346. The summed E-state index contributed by atoms with van der Waals surface area (Å²) in [6, 6.07) is 0. The van der Waals surface area contributed by atoms with Gasteiger partial charge in [-0.1, -0.05) is 173 Å². The third-order valence-corrected chi connectivity index (χ3v) is 11.4. The number of aliphatic hydroxyl groups excluding tert-OH is 2. The van der Waals surface area contributed by atoms with E-state index in [0.29, 0.717) is 25.7 Å². The maximum Gasteiger partial charge on any atom is 0.335 e. The van der Waals surface area contributed by atoms with Gasteiger partial charge in [0.15, 0.2) is 24.6 Å². The van der Waals surface area contributed by atoms with Gasteiger partial charge in [-0.15, -0.1) is 0 Å². The van der Waals surface area contributed by atoms with E-state index in [1.807, 2.05) is 12.2 Å². The number of hydrogen-bond donors (Lipinski definition) is 3.